The van der Waals surface area contributed by atoms with E-state index >= 15 is 0 Å². The number of esters is 2. The van der Waals surface area contributed by atoms with E-state index in [9.17, 15) is 24.3 Å². The summed E-state index contributed by atoms with van der Waals surface area (Å²) in [7, 11) is 2.62. The Hall–Kier alpha value is -2.74. The van der Waals surface area contributed by atoms with Crippen molar-refractivity contribution in [2.75, 3.05) is 20.8 Å². The van der Waals surface area contributed by atoms with Gasteiger partial charge in [0.15, 0.2) is 11.6 Å². The van der Waals surface area contributed by atoms with Crippen LogP contribution in [0.4, 0.5) is 0 Å². The highest BCUT2D eigenvalue weighted by Gasteiger charge is 2.59. The first-order valence-corrected chi connectivity index (χ1v) is 14.0. The van der Waals surface area contributed by atoms with E-state index in [1.807, 2.05) is 19.1 Å². The lowest BCUT2D eigenvalue weighted by Gasteiger charge is -2.27. The fraction of sp³-hybridized carbons (Fsp3) is 0.484. The average Bonchev–Trinajstić information content (AvgIpc) is 3.39. The zero-order chi connectivity index (χ0) is 29.7. The van der Waals surface area contributed by atoms with E-state index in [0.717, 1.165) is 17.5 Å². The van der Waals surface area contributed by atoms with E-state index in [1.54, 1.807) is 43.3 Å². The van der Waals surface area contributed by atoms with Crippen LogP contribution in [0.3, 0.4) is 0 Å². The second-order valence-corrected chi connectivity index (χ2v) is 12.0. The quantitative estimate of drug-likeness (QED) is 0.337. The lowest BCUT2D eigenvalue weighted by atomic mass is 9.75. The van der Waals surface area contributed by atoms with E-state index in [1.165, 1.54) is 14.2 Å². The zero-order valence-electron chi connectivity index (χ0n) is 23.3. The lowest BCUT2D eigenvalue weighted by molar-refractivity contribution is -0.159. The minimum Gasteiger partial charge on any atom is -0.468 e. The first-order valence-electron chi connectivity index (χ1n) is 13.2. The third-order valence-corrected chi connectivity index (χ3v) is 8.85. The molecule has 7 nitrogen and oxygen atoms in total. The van der Waals surface area contributed by atoms with Crippen LogP contribution in [0.25, 0.3) is 0 Å². The molecule has 2 fully saturated rings. The third kappa shape index (κ3) is 6.27. The Labute approximate surface area is 245 Å². The van der Waals surface area contributed by atoms with Crippen LogP contribution >= 0.6 is 23.2 Å². The summed E-state index contributed by atoms with van der Waals surface area (Å²) in [6.07, 6.45) is 2.82. The number of Topliss-reactive ketones (excluding diaryl/α,β-unsaturated/α-hetero) is 2. The van der Waals surface area contributed by atoms with Gasteiger partial charge in [-0.05, 0) is 73.9 Å². The van der Waals surface area contributed by atoms with Crippen molar-refractivity contribution in [2.24, 2.45) is 22.2 Å². The molecule has 0 aliphatic heterocycles. The largest absolute Gasteiger partial charge is 0.468 e. The number of hydrogen-bond donors (Lipinski definition) is 1. The molecule has 0 spiro atoms. The molecule has 4 rings (SSSR count). The summed E-state index contributed by atoms with van der Waals surface area (Å²) >= 11 is 11.7. The number of carbonyl (C=O) groups excluding carboxylic acids is 4. The standard InChI is InChI=1S/C16H19ClO4.C15H17ClO3/c1-15(10-18)7-8-16(13(15)19,14(20)21-2)9-11-3-5-12(17)6-4-11;1-10-7-8-15(13(10)17,14(18)19-2)9-11-3-5-12(16)6-4-11/h3-6,18H,7-10H2,1-2H3;3-6,10H,7-9H2,1-2H3. The van der Waals surface area contributed by atoms with Gasteiger partial charge in [-0.1, -0.05) is 61.3 Å². The number of ether oxygens (including phenoxy) is 2. The van der Waals surface area contributed by atoms with Crippen LogP contribution in [0, 0.1) is 22.2 Å². The number of rotatable bonds is 7. The zero-order valence-corrected chi connectivity index (χ0v) is 24.8. The monoisotopic (exact) mass is 590 g/mol. The van der Waals surface area contributed by atoms with Crippen molar-refractivity contribution >= 4 is 46.7 Å². The molecule has 2 saturated carbocycles. The van der Waals surface area contributed by atoms with Crippen LogP contribution in [0.15, 0.2) is 48.5 Å². The number of benzene rings is 2. The van der Waals surface area contributed by atoms with Crippen molar-refractivity contribution in [1.29, 1.82) is 0 Å². The summed E-state index contributed by atoms with van der Waals surface area (Å²) in [6, 6.07) is 14.3. The molecule has 2 aliphatic rings. The molecular weight excluding hydrogens is 555 g/mol. The van der Waals surface area contributed by atoms with Gasteiger partial charge >= 0.3 is 11.9 Å². The Morgan fingerprint density at radius 3 is 1.65 bits per heavy atom. The number of methoxy groups -OCH3 is 2. The van der Waals surface area contributed by atoms with Crippen molar-refractivity contribution in [1.82, 2.24) is 0 Å². The highest BCUT2D eigenvalue weighted by atomic mass is 35.5. The van der Waals surface area contributed by atoms with Gasteiger partial charge in [0.05, 0.1) is 26.2 Å². The van der Waals surface area contributed by atoms with Gasteiger partial charge in [-0.15, -0.1) is 0 Å². The number of carbonyl (C=O) groups is 4. The first-order chi connectivity index (χ1) is 18.9. The predicted molar refractivity (Wildman–Crippen MR) is 152 cm³/mol. The fourth-order valence-electron chi connectivity index (χ4n) is 5.81. The molecule has 0 radical (unpaired) electrons. The van der Waals surface area contributed by atoms with Crippen molar-refractivity contribution < 1.29 is 33.8 Å². The van der Waals surface area contributed by atoms with Gasteiger partial charge in [-0.3, -0.25) is 19.2 Å². The van der Waals surface area contributed by atoms with Gasteiger partial charge in [0.2, 0.25) is 0 Å². The molecule has 4 unspecified atom stereocenters. The third-order valence-electron chi connectivity index (χ3n) is 8.35. The van der Waals surface area contributed by atoms with E-state index in [0.29, 0.717) is 35.7 Å². The molecule has 0 saturated heterocycles. The second kappa shape index (κ2) is 12.8. The summed E-state index contributed by atoms with van der Waals surface area (Å²) in [5.41, 5.74) is -1.32. The Bertz CT molecular complexity index is 1240. The smallest absolute Gasteiger partial charge is 0.319 e. The topological polar surface area (TPSA) is 107 Å². The molecule has 0 bridgehead atoms. The molecule has 2 aliphatic carbocycles. The number of halogens is 2. The SMILES string of the molecule is COC(=O)C1(Cc2ccc(Cl)cc2)CCC(C)(CO)C1=O.COC(=O)C1(Cc2ccc(Cl)cc2)CCC(C)C1=O. The van der Waals surface area contributed by atoms with E-state index in [4.69, 9.17) is 32.7 Å². The summed E-state index contributed by atoms with van der Waals surface area (Å²) in [5, 5.41) is 10.7. The molecule has 0 amide bonds. The molecule has 2 aromatic rings. The van der Waals surface area contributed by atoms with Crippen molar-refractivity contribution in [2.45, 2.75) is 52.4 Å². The van der Waals surface area contributed by atoms with Crippen LogP contribution in [-0.4, -0.2) is 49.4 Å². The van der Waals surface area contributed by atoms with Gasteiger partial charge in [-0.25, -0.2) is 0 Å². The molecular formula is C31H36Cl2O7. The number of aliphatic hydroxyl groups excluding tert-OH is 1. The van der Waals surface area contributed by atoms with Gasteiger partial charge in [-0.2, -0.15) is 0 Å². The Morgan fingerprint density at radius 2 is 1.27 bits per heavy atom. The summed E-state index contributed by atoms with van der Waals surface area (Å²) in [5.74, 6) is -1.27. The van der Waals surface area contributed by atoms with Crippen molar-refractivity contribution in [3.05, 3.63) is 69.7 Å². The summed E-state index contributed by atoms with van der Waals surface area (Å²) in [4.78, 5) is 49.5. The van der Waals surface area contributed by atoms with Gasteiger partial charge in [0.25, 0.3) is 0 Å². The van der Waals surface area contributed by atoms with Gasteiger partial charge in [0.1, 0.15) is 10.8 Å². The highest BCUT2D eigenvalue weighted by Crippen LogP contribution is 2.48. The lowest BCUT2D eigenvalue weighted by Crippen LogP contribution is -2.43. The molecule has 4 atom stereocenters. The Kier molecular flexibility index (Phi) is 10.2. The molecule has 0 heterocycles. The summed E-state index contributed by atoms with van der Waals surface area (Å²) in [6.45, 7) is 3.31. The van der Waals surface area contributed by atoms with Gasteiger partial charge in [0, 0.05) is 16.0 Å². The van der Waals surface area contributed by atoms with E-state index < -0.39 is 28.2 Å². The molecule has 216 valence electrons. The number of hydrogen-bond acceptors (Lipinski definition) is 7. The van der Waals surface area contributed by atoms with Crippen LogP contribution in [-0.2, 0) is 41.5 Å². The van der Waals surface area contributed by atoms with Crippen molar-refractivity contribution in [3.63, 3.8) is 0 Å². The van der Waals surface area contributed by atoms with Crippen LogP contribution in [0.1, 0.15) is 50.7 Å². The van der Waals surface area contributed by atoms with E-state index in [2.05, 4.69) is 0 Å². The number of ketones is 2. The maximum absolute atomic E-state index is 12.8. The Morgan fingerprint density at radius 1 is 0.825 bits per heavy atom. The highest BCUT2D eigenvalue weighted by molar-refractivity contribution is 6.30. The minimum absolute atomic E-state index is 0.00528. The molecule has 1 N–H and O–H groups in total. The molecule has 9 heteroatoms. The predicted octanol–water partition coefficient (Wildman–Crippen LogP) is 5.44. The van der Waals surface area contributed by atoms with Crippen molar-refractivity contribution in [3.8, 4) is 0 Å². The minimum atomic E-state index is -1.21. The summed E-state index contributed by atoms with van der Waals surface area (Å²) < 4.78 is 9.74. The molecule has 2 aromatic carbocycles. The van der Waals surface area contributed by atoms with Crippen LogP contribution in [0.2, 0.25) is 10.0 Å². The molecule has 40 heavy (non-hydrogen) atoms. The second-order valence-electron chi connectivity index (χ2n) is 11.1. The maximum Gasteiger partial charge on any atom is 0.319 e. The van der Waals surface area contributed by atoms with Gasteiger partial charge < -0.3 is 14.6 Å². The van der Waals surface area contributed by atoms with Crippen LogP contribution in [0.5, 0.6) is 0 Å². The van der Waals surface area contributed by atoms with E-state index in [-0.39, 0.29) is 30.5 Å². The number of aliphatic hydroxyl groups is 1. The Balaban J connectivity index is 0.000000222. The van der Waals surface area contributed by atoms with Crippen LogP contribution < -0.4 is 0 Å². The average molecular weight is 592 g/mol. The fourth-order valence-corrected chi connectivity index (χ4v) is 6.06. The normalized spacial score (nSPS) is 27.6. The maximum atomic E-state index is 12.8. The molecule has 0 aromatic heterocycles. The first kappa shape index (κ1) is 31.8.